The van der Waals surface area contributed by atoms with Crippen LogP contribution in [0.3, 0.4) is 0 Å². The summed E-state index contributed by atoms with van der Waals surface area (Å²) in [5, 5.41) is 0.463. The van der Waals surface area contributed by atoms with Crippen molar-refractivity contribution in [2.45, 2.75) is 38.0 Å². The molecule has 14 heteroatoms. The van der Waals surface area contributed by atoms with E-state index < -0.39 is 38.7 Å². The molecule has 3 aromatic carbocycles. The fraction of sp³-hybridized carbons (Fsp3) is 0.259. The number of aromatic nitrogens is 1. The maximum Gasteiger partial charge on any atom is 0.516 e. The average Bonchev–Trinajstić information content (AvgIpc) is 3.26. The van der Waals surface area contributed by atoms with E-state index in [0.717, 1.165) is 23.5 Å². The summed E-state index contributed by atoms with van der Waals surface area (Å²) in [5.74, 6) is -2.41. The summed E-state index contributed by atoms with van der Waals surface area (Å²) in [7, 11) is -5.61. The maximum atomic E-state index is 13.6. The van der Waals surface area contributed by atoms with Crippen molar-refractivity contribution in [1.82, 2.24) is 4.98 Å². The van der Waals surface area contributed by atoms with Crippen molar-refractivity contribution in [3.05, 3.63) is 82.4 Å². The Labute approximate surface area is 235 Å². The SMILES string of the molecule is CC1(C)Oc2ccc(OCc3nc4cc(F)c(F)cc4s3)cc2C(=O)C1Cc1cccc(NS(=O)(=O)C(F)(F)F)c1. The van der Waals surface area contributed by atoms with Gasteiger partial charge in [0.15, 0.2) is 17.4 Å². The first-order chi connectivity index (χ1) is 19.1. The first-order valence-electron chi connectivity index (χ1n) is 12.1. The smallest absolute Gasteiger partial charge is 0.486 e. The Balaban J connectivity index is 1.34. The van der Waals surface area contributed by atoms with Crippen LogP contribution in [0, 0.1) is 17.6 Å². The lowest BCUT2D eigenvalue weighted by Gasteiger charge is -2.39. The minimum Gasteiger partial charge on any atom is -0.486 e. The molecule has 4 aromatic rings. The number of ketones is 1. The molecule has 1 atom stereocenters. The second-order valence-corrected chi connectivity index (χ2v) is 12.7. The van der Waals surface area contributed by atoms with E-state index in [1.54, 1.807) is 32.0 Å². The van der Waals surface area contributed by atoms with E-state index in [1.165, 1.54) is 29.0 Å². The van der Waals surface area contributed by atoms with Crippen LogP contribution in [-0.2, 0) is 23.1 Å². The number of carbonyl (C=O) groups is 1. The standard InChI is InChI=1S/C27H21F5N2O5S2/c1-26(2)18(9-14-4-3-5-15(8-14)34-41(36,37)27(30,31)32)25(35)17-10-16(6-7-22(17)39-26)38-13-24-33-21-11-19(28)20(29)12-23(21)40-24/h3-8,10-12,18,34H,9,13H2,1-2H3. The summed E-state index contributed by atoms with van der Waals surface area (Å²) in [6.07, 6.45) is 0.0523. The van der Waals surface area contributed by atoms with Gasteiger partial charge in [-0.15, -0.1) is 11.3 Å². The summed E-state index contributed by atoms with van der Waals surface area (Å²) in [6.45, 7) is 3.39. The summed E-state index contributed by atoms with van der Waals surface area (Å²) in [6, 6.07) is 12.1. The van der Waals surface area contributed by atoms with Crippen molar-refractivity contribution < 1.29 is 44.6 Å². The molecule has 1 aliphatic heterocycles. The van der Waals surface area contributed by atoms with Crippen molar-refractivity contribution in [3.63, 3.8) is 0 Å². The number of Topliss-reactive ketones (excluding diaryl/α,β-unsaturated/α-hetero) is 1. The number of nitrogens with one attached hydrogen (secondary N) is 1. The summed E-state index contributed by atoms with van der Waals surface area (Å²) >= 11 is 1.14. The van der Waals surface area contributed by atoms with Crippen molar-refractivity contribution >= 4 is 43.0 Å². The van der Waals surface area contributed by atoms with Gasteiger partial charge in [0.1, 0.15) is 28.7 Å². The number of halogens is 5. The molecule has 5 rings (SSSR count). The Morgan fingerprint density at radius 3 is 2.54 bits per heavy atom. The number of thiazole rings is 1. The summed E-state index contributed by atoms with van der Waals surface area (Å²) in [5.41, 5.74) is -5.83. The number of fused-ring (bicyclic) bond motifs is 2. The molecular weight excluding hydrogens is 591 g/mol. The zero-order chi connectivity index (χ0) is 29.7. The van der Waals surface area contributed by atoms with Gasteiger partial charge in [-0.1, -0.05) is 12.1 Å². The van der Waals surface area contributed by atoms with Gasteiger partial charge in [-0.3, -0.25) is 9.52 Å². The molecule has 2 heterocycles. The number of sulfonamides is 1. The number of anilines is 1. The first kappa shape index (κ1) is 28.7. The molecule has 7 nitrogen and oxygen atoms in total. The number of hydrogen-bond acceptors (Lipinski definition) is 7. The van der Waals surface area contributed by atoms with Gasteiger partial charge in [0.25, 0.3) is 0 Å². The van der Waals surface area contributed by atoms with Crippen LogP contribution in [0.25, 0.3) is 10.2 Å². The number of carbonyl (C=O) groups excluding carboxylic acids is 1. The zero-order valence-corrected chi connectivity index (χ0v) is 23.0. The topological polar surface area (TPSA) is 94.6 Å². The van der Waals surface area contributed by atoms with E-state index in [4.69, 9.17) is 9.47 Å². The third kappa shape index (κ3) is 5.84. The Kier molecular flexibility index (Phi) is 7.18. The predicted octanol–water partition coefficient (Wildman–Crippen LogP) is 6.63. The van der Waals surface area contributed by atoms with Crippen LogP contribution < -0.4 is 14.2 Å². The monoisotopic (exact) mass is 612 g/mol. The average molecular weight is 613 g/mol. The van der Waals surface area contributed by atoms with Crippen molar-refractivity contribution in [2.24, 2.45) is 5.92 Å². The van der Waals surface area contributed by atoms with Crippen molar-refractivity contribution in [1.29, 1.82) is 0 Å². The fourth-order valence-corrected chi connectivity index (χ4v) is 5.91. The van der Waals surface area contributed by atoms with Gasteiger partial charge in [-0.2, -0.15) is 21.6 Å². The van der Waals surface area contributed by atoms with E-state index in [2.05, 4.69) is 4.98 Å². The summed E-state index contributed by atoms with van der Waals surface area (Å²) < 4.78 is 102. The van der Waals surface area contributed by atoms with Gasteiger partial charge in [0.2, 0.25) is 0 Å². The molecule has 0 saturated carbocycles. The van der Waals surface area contributed by atoms with E-state index in [1.807, 2.05) is 0 Å². The van der Waals surface area contributed by atoms with Crippen molar-refractivity contribution in [3.8, 4) is 11.5 Å². The van der Waals surface area contributed by atoms with Gasteiger partial charge < -0.3 is 9.47 Å². The van der Waals surface area contributed by atoms with Crippen LogP contribution >= 0.6 is 11.3 Å². The number of nitrogens with zero attached hydrogens (tertiary/aromatic N) is 1. The molecule has 1 aliphatic rings. The summed E-state index contributed by atoms with van der Waals surface area (Å²) in [4.78, 5) is 17.9. The molecule has 1 N–H and O–H groups in total. The quantitative estimate of drug-likeness (QED) is 0.236. The molecule has 0 aliphatic carbocycles. The van der Waals surface area contributed by atoms with Gasteiger partial charge in [0.05, 0.1) is 21.7 Å². The van der Waals surface area contributed by atoms with Crippen LogP contribution in [0.15, 0.2) is 54.6 Å². The Hall–Kier alpha value is -3.78. The third-order valence-corrected chi connectivity index (χ3v) is 8.61. The molecule has 1 aromatic heterocycles. The Morgan fingerprint density at radius 1 is 1.07 bits per heavy atom. The van der Waals surface area contributed by atoms with Gasteiger partial charge >= 0.3 is 15.5 Å². The molecule has 1 unspecified atom stereocenters. The highest BCUT2D eigenvalue weighted by Gasteiger charge is 2.46. The van der Waals surface area contributed by atoms with Gasteiger partial charge in [-0.05, 0) is 62.2 Å². The Morgan fingerprint density at radius 2 is 1.80 bits per heavy atom. The highest BCUT2D eigenvalue weighted by molar-refractivity contribution is 7.93. The molecule has 0 saturated heterocycles. The normalized spacial score (nSPS) is 16.8. The van der Waals surface area contributed by atoms with Crippen molar-refractivity contribution in [2.75, 3.05) is 4.72 Å². The largest absolute Gasteiger partial charge is 0.516 e. The number of ether oxygens (including phenoxy) is 2. The Bertz CT molecular complexity index is 1730. The second-order valence-electron chi connectivity index (χ2n) is 9.87. The zero-order valence-electron chi connectivity index (χ0n) is 21.4. The van der Waals surface area contributed by atoms with Crippen LogP contribution in [0.2, 0.25) is 0 Å². The minimum absolute atomic E-state index is 0.0219. The fourth-order valence-electron chi connectivity index (χ4n) is 4.47. The lowest BCUT2D eigenvalue weighted by Crippen LogP contribution is -2.47. The second kappa shape index (κ2) is 10.2. The third-order valence-electron chi connectivity index (χ3n) is 6.51. The number of benzene rings is 3. The van der Waals surface area contributed by atoms with E-state index in [9.17, 15) is 35.2 Å². The number of hydrogen-bond donors (Lipinski definition) is 1. The van der Waals surface area contributed by atoms with Gasteiger partial charge in [-0.25, -0.2) is 13.8 Å². The lowest BCUT2D eigenvalue weighted by molar-refractivity contribution is -0.0429. The van der Waals surface area contributed by atoms with Crippen LogP contribution in [0.4, 0.5) is 27.6 Å². The highest BCUT2D eigenvalue weighted by Crippen LogP contribution is 2.40. The predicted molar refractivity (Wildman–Crippen MR) is 142 cm³/mol. The molecule has 0 fully saturated rings. The lowest BCUT2D eigenvalue weighted by atomic mass is 9.77. The maximum absolute atomic E-state index is 13.6. The van der Waals surface area contributed by atoms with Crippen LogP contribution in [0.5, 0.6) is 11.5 Å². The van der Waals surface area contributed by atoms with Crippen LogP contribution in [-0.4, -0.2) is 30.3 Å². The molecule has 216 valence electrons. The molecule has 0 bridgehead atoms. The molecule has 41 heavy (non-hydrogen) atoms. The highest BCUT2D eigenvalue weighted by atomic mass is 32.2. The minimum atomic E-state index is -5.61. The molecule has 0 amide bonds. The molecular formula is C27H21F5N2O5S2. The van der Waals surface area contributed by atoms with E-state index in [-0.39, 0.29) is 30.1 Å². The molecule has 0 radical (unpaired) electrons. The van der Waals surface area contributed by atoms with E-state index >= 15 is 0 Å². The first-order valence-corrected chi connectivity index (χ1v) is 14.4. The number of alkyl halides is 3. The number of rotatable bonds is 7. The van der Waals surface area contributed by atoms with E-state index in [0.29, 0.717) is 32.3 Å². The van der Waals surface area contributed by atoms with Gasteiger partial charge in [0, 0.05) is 11.8 Å². The van der Waals surface area contributed by atoms with Crippen LogP contribution in [0.1, 0.15) is 34.8 Å². The molecule has 0 spiro atoms.